The molecule has 1 aromatic heterocycles. The molecule has 1 aliphatic heterocycles. The van der Waals surface area contributed by atoms with Crippen LogP contribution in [0.3, 0.4) is 0 Å². The molecule has 5 nitrogen and oxygen atoms in total. The van der Waals surface area contributed by atoms with Gasteiger partial charge in [-0.05, 0) is 19.1 Å². The first-order valence-corrected chi connectivity index (χ1v) is 5.59. The van der Waals surface area contributed by atoms with Crippen molar-refractivity contribution >= 4 is 16.7 Å². The van der Waals surface area contributed by atoms with Gasteiger partial charge in [0.1, 0.15) is 11.6 Å². The van der Waals surface area contributed by atoms with E-state index >= 15 is 0 Å². The molecular weight excluding hydrogens is 216 g/mol. The van der Waals surface area contributed by atoms with Gasteiger partial charge in [0.25, 0.3) is 0 Å². The molecule has 0 amide bonds. The minimum Gasteiger partial charge on any atom is -0.496 e. The van der Waals surface area contributed by atoms with E-state index in [1.807, 2.05) is 23.6 Å². The predicted octanol–water partition coefficient (Wildman–Crippen LogP) is 1.26. The van der Waals surface area contributed by atoms with Crippen molar-refractivity contribution in [3.05, 3.63) is 23.3 Å². The Hall–Kier alpha value is -2.04. The number of hydrogen-bond acceptors (Lipinski definition) is 4. The van der Waals surface area contributed by atoms with Crippen molar-refractivity contribution in [1.82, 2.24) is 9.55 Å². The summed E-state index contributed by atoms with van der Waals surface area (Å²) in [6.07, 6.45) is 0. The van der Waals surface area contributed by atoms with Gasteiger partial charge in [-0.15, -0.1) is 0 Å². The minimum absolute atomic E-state index is 0.300. The third-order valence-corrected chi connectivity index (χ3v) is 3.23. The van der Waals surface area contributed by atoms with Crippen molar-refractivity contribution in [3.8, 4) is 5.75 Å². The zero-order chi connectivity index (χ0) is 12.0. The summed E-state index contributed by atoms with van der Waals surface area (Å²) in [5, 5.41) is 12.3. The number of benzene rings is 1. The Labute approximate surface area is 98.6 Å². The molecule has 0 radical (unpaired) electrons. The summed E-state index contributed by atoms with van der Waals surface area (Å²) in [6.45, 7) is 3.64. The number of nitrogens with one attached hydrogen (secondary N) is 2. The van der Waals surface area contributed by atoms with Crippen LogP contribution in [-0.2, 0) is 6.54 Å². The number of hydrogen-bond donors (Lipinski definition) is 2. The number of methoxy groups -OCH3 is 1. The lowest BCUT2D eigenvalue weighted by Crippen LogP contribution is -2.21. The van der Waals surface area contributed by atoms with Crippen molar-refractivity contribution in [2.24, 2.45) is 0 Å². The van der Waals surface area contributed by atoms with E-state index in [0.29, 0.717) is 5.62 Å². The Balaban J connectivity index is 2.45. The van der Waals surface area contributed by atoms with Crippen LogP contribution in [0.1, 0.15) is 5.56 Å². The van der Waals surface area contributed by atoms with Crippen LogP contribution in [0.5, 0.6) is 5.75 Å². The number of nitrogens with zero attached hydrogens (tertiary/aromatic N) is 2. The van der Waals surface area contributed by atoms with E-state index in [9.17, 15) is 0 Å². The van der Waals surface area contributed by atoms with Gasteiger partial charge in [-0.25, -0.2) is 4.98 Å². The van der Waals surface area contributed by atoms with Crippen molar-refractivity contribution in [2.75, 3.05) is 19.0 Å². The van der Waals surface area contributed by atoms with E-state index in [4.69, 9.17) is 10.1 Å². The summed E-state index contributed by atoms with van der Waals surface area (Å²) < 4.78 is 7.18. The van der Waals surface area contributed by atoms with E-state index in [2.05, 4.69) is 10.3 Å². The summed E-state index contributed by atoms with van der Waals surface area (Å²) in [4.78, 5) is 4.37. The van der Waals surface area contributed by atoms with Gasteiger partial charge in [-0.2, -0.15) is 0 Å². The SMILES string of the molecule is COc1ccc2c3n(c(=N)nc2c1C)CCN3. The molecule has 0 unspecified atom stereocenters. The fourth-order valence-electron chi connectivity index (χ4n) is 2.35. The highest BCUT2D eigenvalue weighted by Crippen LogP contribution is 2.30. The normalized spacial score (nSPS) is 13.5. The van der Waals surface area contributed by atoms with Crippen molar-refractivity contribution in [2.45, 2.75) is 13.5 Å². The largest absolute Gasteiger partial charge is 0.496 e. The molecular formula is C12H14N4O. The summed E-state index contributed by atoms with van der Waals surface area (Å²) in [7, 11) is 1.65. The lowest BCUT2D eigenvalue weighted by molar-refractivity contribution is 0.412. The van der Waals surface area contributed by atoms with Gasteiger partial charge in [0, 0.05) is 24.0 Å². The molecule has 1 aliphatic rings. The average molecular weight is 230 g/mol. The Bertz CT molecular complexity index is 660. The molecule has 2 N–H and O–H groups in total. The topological polar surface area (TPSA) is 62.9 Å². The molecule has 88 valence electrons. The van der Waals surface area contributed by atoms with Crippen LogP contribution in [0.15, 0.2) is 12.1 Å². The van der Waals surface area contributed by atoms with Gasteiger partial charge in [0.05, 0.1) is 12.6 Å². The van der Waals surface area contributed by atoms with Crippen LogP contribution in [0.2, 0.25) is 0 Å². The summed E-state index contributed by atoms with van der Waals surface area (Å²) in [6, 6.07) is 3.95. The van der Waals surface area contributed by atoms with Crippen molar-refractivity contribution in [1.29, 1.82) is 5.41 Å². The van der Waals surface area contributed by atoms with Crippen LogP contribution in [-0.4, -0.2) is 23.2 Å². The molecule has 2 aromatic rings. The van der Waals surface area contributed by atoms with Crippen molar-refractivity contribution < 1.29 is 4.74 Å². The third-order valence-electron chi connectivity index (χ3n) is 3.23. The maximum absolute atomic E-state index is 7.93. The molecule has 2 heterocycles. The van der Waals surface area contributed by atoms with E-state index in [1.165, 1.54) is 0 Å². The maximum Gasteiger partial charge on any atom is 0.224 e. The molecule has 0 atom stereocenters. The second-order valence-corrected chi connectivity index (χ2v) is 4.15. The van der Waals surface area contributed by atoms with Crippen LogP contribution in [0.4, 0.5) is 5.82 Å². The van der Waals surface area contributed by atoms with Crippen LogP contribution in [0, 0.1) is 12.3 Å². The van der Waals surface area contributed by atoms with Gasteiger partial charge in [-0.3, -0.25) is 9.98 Å². The molecule has 0 spiro atoms. The van der Waals surface area contributed by atoms with Crippen LogP contribution < -0.4 is 15.7 Å². The van der Waals surface area contributed by atoms with Gasteiger partial charge >= 0.3 is 0 Å². The number of anilines is 1. The fourth-order valence-corrected chi connectivity index (χ4v) is 2.35. The second-order valence-electron chi connectivity index (χ2n) is 4.15. The Morgan fingerprint density at radius 3 is 3.06 bits per heavy atom. The zero-order valence-electron chi connectivity index (χ0n) is 9.87. The smallest absolute Gasteiger partial charge is 0.224 e. The van der Waals surface area contributed by atoms with Gasteiger partial charge in [0.15, 0.2) is 0 Å². The molecule has 0 aliphatic carbocycles. The lowest BCUT2D eigenvalue weighted by Gasteiger charge is -2.11. The van der Waals surface area contributed by atoms with Gasteiger partial charge < -0.3 is 10.1 Å². The van der Waals surface area contributed by atoms with E-state index in [1.54, 1.807) is 7.11 Å². The van der Waals surface area contributed by atoms with E-state index in [-0.39, 0.29) is 0 Å². The Morgan fingerprint density at radius 2 is 2.29 bits per heavy atom. The summed E-state index contributed by atoms with van der Waals surface area (Å²) in [5.41, 5.74) is 2.12. The fraction of sp³-hybridized carbons (Fsp3) is 0.333. The highest BCUT2D eigenvalue weighted by Gasteiger charge is 2.16. The first kappa shape index (κ1) is 10.1. The third kappa shape index (κ3) is 1.32. The Kier molecular flexibility index (Phi) is 2.07. The Morgan fingerprint density at radius 1 is 1.47 bits per heavy atom. The van der Waals surface area contributed by atoms with Gasteiger partial charge in [-0.1, -0.05) is 0 Å². The molecule has 0 fully saturated rings. The molecule has 17 heavy (non-hydrogen) atoms. The number of fused-ring (bicyclic) bond motifs is 3. The van der Waals surface area contributed by atoms with Crippen LogP contribution >= 0.6 is 0 Å². The minimum atomic E-state index is 0.300. The quantitative estimate of drug-likeness (QED) is 0.775. The zero-order valence-corrected chi connectivity index (χ0v) is 9.87. The summed E-state index contributed by atoms with van der Waals surface area (Å²) in [5.74, 6) is 1.80. The highest BCUT2D eigenvalue weighted by atomic mass is 16.5. The lowest BCUT2D eigenvalue weighted by atomic mass is 10.1. The second kappa shape index (κ2) is 3.48. The highest BCUT2D eigenvalue weighted by molar-refractivity contribution is 5.92. The maximum atomic E-state index is 7.93. The first-order valence-electron chi connectivity index (χ1n) is 5.59. The molecule has 0 bridgehead atoms. The van der Waals surface area contributed by atoms with Gasteiger partial charge in [0.2, 0.25) is 5.62 Å². The van der Waals surface area contributed by atoms with Crippen LogP contribution in [0.25, 0.3) is 10.9 Å². The summed E-state index contributed by atoms with van der Waals surface area (Å²) >= 11 is 0. The number of aryl methyl sites for hydroxylation is 1. The molecule has 0 saturated heterocycles. The number of ether oxygens (including phenoxy) is 1. The standard InChI is InChI=1S/C12H14N4O/c1-7-9(17-2)4-3-8-10(7)15-12(13)16-6-5-14-11(8)16/h3-4,13-14H,5-6H2,1-2H3. The molecule has 3 rings (SSSR count). The van der Waals surface area contributed by atoms with E-state index in [0.717, 1.165) is 41.1 Å². The van der Waals surface area contributed by atoms with Crippen molar-refractivity contribution in [3.63, 3.8) is 0 Å². The van der Waals surface area contributed by atoms with E-state index < -0.39 is 0 Å². The molecule has 0 saturated carbocycles. The molecule has 5 heteroatoms. The average Bonchev–Trinajstić information content (AvgIpc) is 2.81. The predicted molar refractivity (Wildman–Crippen MR) is 65.4 cm³/mol. The molecule has 1 aromatic carbocycles. The monoisotopic (exact) mass is 230 g/mol. The first-order chi connectivity index (χ1) is 8.22. The number of aromatic nitrogens is 2. The number of rotatable bonds is 1.